The second kappa shape index (κ2) is 9.95. The van der Waals surface area contributed by atoms with Gasteiger partial charge in [-0.05, 0) is 50.4 Å². The minimum atomic E-state index is -5.08. The van der Waals surface area contributed by atoms with E-state index < -0.39 is 12.1 Å². The molecule has 0 bridgehead atoms. The molecule has 1 amide bonds. The molecule has 11 heteroatoms. The number of halogens is 3. The quantitative estimate of drug-likeness (QED) is 0.802. The molecule has 1 aromatic rings. The Bertz CT molecular complexity index is 687. The molecule has 3 heterocycles. The Morgan fingerprint density at radius 3 is 2.31 bits per heavy atom. The molecule has 0 spiro atoms. The van der Waals surface area contributed by atoms with Crippen LogP contribution in [-0.4, -0.2) is 77.9 Å². The lowest BCUT2D eigenvalue weighted by Gasteiger charge is -2.42. The molecule has 2 fully saturated rings. The zero-order valence-electron chi connectivity index (χ0n) is 16.4. The third kappa shape index (κ3) is 6.34. The molecule has 1 unspecified atom stereocenters. The van der Waals surface area contributed by atoms with Crippen LogP contribution in [0.2, 0.25) is 0 Å². The van der Waals surface area contributed by atoms with E-state index in [-0.39, 0.29) is 11.7 Å². The molecule has 0 aromatic carbocycles. The average Bonchev–Trinajstić information content (AvgIpc) is 3.17. The number of amides is 1. The minimum absolute atomic E-state index is 0.0775. The van der Waals surface area contributed by atoms with Crippen molar-refractivity contribution in [1.29, 1.82) is 0 Å². The Labute approximate surface area is 166 Å². The van der Waals surface area contributed by atoms with Crippen LogP contribution in [0.4, 0.5) is 13.2 Å². The zero-order valence-corrected chi connectivity index (χ0v) is 16.4. The van der Waals surface area contributed by atoms with Crippen molar-refractivity contribution in [3.63, 3.8) is 0 Å². The molecular weight excluding hydrogens is 395 g/mol. The number of aliphatic carboxylic acids is 1. The number of carbonyl (C=O) groups is 2. The monoisotopic (exact) mass is 421 g/mol. The normalized spacial score (nSPS) is 21.3. The van der Waals surface area contributed by atoms with Crippen LogP contribution in [0.25, 0.3) is 0 Å². The van der Waals surface area contributed by atoms with E-state index in [0.29, 0.717) is 17.8 Å². The molecule has 2 saturated heterocycles. The first kappa shape index (κ1) is 23.0. The van der Waals surface area contributed by atoms with Gasteiger partial charge < -0.3 is 24.2 Å². The van der Waals surface area contributed by atoms with Crippen LogP contribution in [0.5, 0.6) is 5.88 Å². The average molecular weight is 421 g/mol. The molecule has 1 atom stereocenters. The lowest BCUT2D eigenvalue weighted by molar-refractivity contribution is -0.192. The fourth-order valence-electron chi connectivity index (χ4n) is 3.80. The van der Waals surface area contributed by atoms with Crippen LogP contribution in [0, 0.1) is 5.92 Å². The Balaban J connectivity index is 0.000000370. The van der Waals surface area contributed by atoms with Gasteiger partial charge in [-0.15, -0.1) is 0 Å². The van der Waals surface area contributed by atoms with Gasteiger partial charge in [-0.2, -0.15) is 13.2 Å². The highest BCUT2D eigenvalue weighted by Gasteiger charge is 2.38. The maximum atomic E-state index is 12.4. The summed E-state index contributed by atoms with van der Waals surface area (Å²) in [5.41, 5.74) is 0. The molecule has 1 N–H and O–H groups in total. The van der Waals surface area contributed by atoms with Crippen molar-refractivity contribution in [2.24, 2.45) is 5.92 Å². The largest absolute Gasteiger partial charge is 0.490 e. The SMILES string of the molecule is COc1cc(C(=O)N2CCC(C3CCCCN3C)CC2)on1.O=C(O)C(F)(F)F. The molecule has 8 nitrogen and oxygen atoms in total. The van der Waals surface area contributed by atoms with Gasteiger partial charge >= 0.3 is 12.1 Å². The highest BCUT2D eigenvalue weighted by molar-refractivity contribution is 5.91. The van der Waals surface area contributed by atoms with E-state index in [4.69, 9.17) is 19.2 Å². The van der Waals surface area contributed by atoms with Gasteiger partial charge in [0, 0.05) is 19.1 Å². The second-order valence-electron chi connectivity index (χ2n) is 7.21. The summed E-state index contributed by atoms with van der Waals surface area (Å²) in [6.07, 6.45) is 1.02. The molecule has 0 aliphatic carbocycles. The number of nitrogens with zero attached hydrogens (tertiary/aromatic N) is 3. The first-order chi connectivity index (χ1) is 13.6. The number of hydrogen-bond donors (Lipinski definition) is 1. The first-order valence-corrected chi connectivity index (χ1v) is 9.43. The molecule has 2 aliphatic rings. The Morgan fingerprint density at radius 2 is 1.83 bits per heavy atom. The summed E-state index contributed by atoms with van der Waals surface area (Å²) in [6.45, 7) is 2.81. The number of methoxy groups -OCH3 is 1. The highest BCUT2D eigenvalue weighted by Crippen LogP contribution is 2.30. The van der Waals surface area contributed by atoms with Crippen molar-refractivity contribution in [3.05, 3.63) is 11.8 Å². The molecule has 2 aliphatic heterocycles. The minimum Gasteiger partial charge on any atom is -0.479 e. The molecule has 164 valence electrons. The smallest absolute Gasteiger partial charge is 0.479 e. The summed E-state index contributed by atoms with van der Waals surface area (Å²) in [5.74, 6) is -1.51. The van der Waals surface area contributed by atoms with E-state index in [1.807, 2.05) is 4.90 Å². The van der Waals surface area contributed by atoms with Gasteiger partial charge in [0.15, 0.2) is 0 Å². The van der Waals surface area contributed by atoms with Crippen molar-refractivity contribution in [3.8, 4) is 5.88 Å². The number of carbonyl (C=O) groups excluding carboxylic acids is 1. The van der Waals surface area contributed by atoms with Gasteiger partial charge in [0.1, 0.15) is 0 Å². The van der Waals surface area contributed by atoms with Gasteiger partial charge in [-0.1, -0.05) is 6.42 Å². The summed E-state index contributed by atoms with van der Waals surface area (Å²) in [5, 5.41) is 10.8. The molecule has 1 aromatic heterocycles. The van der Waals surface area contributed by atoms with Gasteiger partial charge in [0.2, 0.25) is 5.76 Å². The Morgan fingerprint density at radius 1 is 1.21 bits per heavy atom. The molecular formula is C18H26F3N3O5. The van der Waals surface area contributed by atoms with Crippen LogP contribution in [0.15, 0.2) is 10.6 Å². The van der Waals surface area contributed by atoms with E-state index in [0.717, 1.165) is 25.9 Å². The van der Waals surface area contributed by atoms with Crippen LogP contribution in [-0.2, 0) is 4.79 Å². The number of aromatic nitrogens is 1. The molecule has 29 heavy (non-hydrogen) atoms. The summed E-state index contributed by atoms with van der Waals surface area (Å²) < 4.78 is 41.8. The predicted octanol–water partition coefficient (Wildman–Crippen LogP) is 2.65. The fourth-order valence-corrected chi connectivity index (χ4v) is 3.80. The van der Waals surface area contributed by atoms with E-state index in [1.165, 1.54) is 32.9 Å². The van der Waals surface area contributed by atoms with Crippen molar-refractivity contribution in [1.82, 2.24) is 15.0 Å². The van der Waals surface area contributed by atoms with Crippen molar-refractivity contribution < 1.29 is 37.1 Å². The number of hydrogen-bond acceptors (Lipinski definition) is 6. The molecule has 0 saturated carbocycles. The van der Waals surface area contributed by atoms with Crippen molar-refractivity contribution in [2.75, 3.05) is 33.8 Å². The maximum Gasteiger partial charge on any atom is 0.490 e. The third-order valence-corrected chi connectivity index (χ3v) is 5.35. The second-order valence-corrected chi connectivity index (χ2v) is 7.21. The number of alkyl halides is 3. The van der Waals surface area contributed by atoms with E-state index in [1.54, 1.807) is 6.07 Å². The van der Waals surface area contributed by atoms with Gasteiger partial charge in [0.05, 0.1) is 13.2 Å². The number of ether oxygens (including phenoxy) is 1. The summed E-state index contributed by atoms with van der Waals surface area (Å²) in [7, 11) is 3.75. The number of likely N-dealkylation sites (tertiary alicyclic amines) is 2. The van der Waals surface area contributed by atoms with Crippen molar-refractivity contribution >= 4 is 11.9 Å². The number of rotatable bonds is 3. The predicted molar refractivity (Wildman–Crippen MR) is 95.6 cm³/mol. The summed E-state index contributed by atoms with van der Waals surface area (Å²) in [4.78, 5) is 25.7. The van der Waals surface area contributed by atoms with Gasteiger partial charge in [0.25, 0.3) is 11.8 Å². The number of carboxylic acid groups (broad SMARTS) is 1. The maximum absolute atomic E-state index is 12.4. The van der Waals surface area contributed by atoms with Crippen LogP contribution in [0.3, 0.4) is 0 Å². The van der Waals surface area contributed by atoms with E-state index >= 15 is 0 Å². The fraction of sp³-hybridized carbons (Fsp3) is 0.722. The summed E-state index contributed by atoms with van der Waals surface area (Å²) in [6, 6.07) is 2.25. The lowest BCUT2D eigenvalue weighted by Crippen LogP contribution is -2.47. The number of carboxylic acids is 1. The van der Waals surface area contributed by atoms with E-state index in [9.17, 15) is 18.0 Å². The van der Waals surface area contributed by atoms with Crippen LogP contribution in [0.1, 0.15) is 42.7 Å². The Kier molecular flexibility index (Phi) is 7.88. The lowest BCUT2D eigenvalue weighted by atomic mass is 9.84. The summed E-state index contributed by atoms with van der Waals surface area (Å²) >= 11 is 0. The zero-order chi connectivity index (χ0) is 21.6. The van der Waals surface area contributed by atoms with Gasteiger partial charge in [-0.3, -0.25) is 4.79 Å². The van der Waals surface area contributed by atoms with Crippen LogP contribution >= 0.6 is 0 Å². The number of piperidine rings is 2. The molecule has 0 radical (unpaired) electrons. The highest BCUT2D eigenvalue weighted by atomic mass is 19.4. The van der Waals surface area contributed by atoms with Crippen LogP contribution < -0.4 is 4.74 Å². The van der Waals surface area contributed by atoms with Crippen molar-refractivity contribution in [2.45, 2.75) is 44.3 Å². The van der Waals surface area contributed by atoms with E-state index in [2.05, 4.69) is 17.1 Å². The topological polar surface area (TPSA) is 96.1 Å². The Hall–Kier alpha value is -2.30. The molecule has 3 rings (SSSR count). The standard InChI is InChI=1S/C16H25N3O3.C2HF3O2/c1-18-8-4-3-5-13(18)12-6-9-19(10-7-12)16(20)14-11-15(21-2)17-22-14;3-2(4,5)1(6)7/h11-13H,3-10H2,1-2H3;(H,6,7). The first-order valence-electron chi connectivity index (χ1n) is 9.43. The van der Waals surface area contributed by atoms with Gasteiger partial charge in [-0.25, -0.2) is 4.79 Å². The third-order valence-electron chi connectivity index (χ3n) is 5.35.